The average Bonchev–Trinajstić information content (AvgIpc) is 2.47. The number of hydrogen-bond donors (Lipinski definition) is 1. The number of fused-ring (bicyclic) bond motifs is 1. The SMILES string of the molecule is CNCCOCCc1ccc(OC)c2ccccc12. The Morgan fingerprint density at radius 1 is 1.00 bits per heavy atom. The molecule has 0 aromatic heterocycles. The normalized spacial score (nSPS) is 10.8. The fraction of sp³-hybridized carbons (Fsp3) is 0.375. The standard InChI is InChI=1S/C16H21NO2/c1-17-10-12-19-11-9-13-7-8-16(18-2)15-6-4-3-5-14(13)15/h3-8,17H,9-12H2,1-2H3. The van der Waals surface area contributed by atoms with Crippen molar-refractivity contribution in [2.75, 3.05) is 33.9 Å². The summed E-state index contributed by atoms with van der Waals surface area (Å²) >= 11 is 0. The summed E-state index contributed by atoms with van der Waals surface area (Å²) in [6.07, 6.45) is 0.925. The van der Waals surface area contributed by atoms with Crippen molar-refractivity contribution in [1.82, 2.24) is 5.32 Å². The van der Waals surface area contributed by atoms with E-state index in [-0.39, 0.29) is 0 Å². The first-order valence-electron chi connectivity index (χ1n) is 6.63. The van der Waals surface area contributed by atoms with E-state index in [1.807, 2.05) is 19.2 Å². The molecular weight excluding hydrogens is 238 g/mol. The van der Waals surface area contributed by atoms with E-state index < -0.39 is 0 Å². The lowest BCUT2D eigenvalue weighted by Crippen LogP contribution is -2.15. The quantitative estimate of drug-likeness (QED) is 0.775. The molecule has 0 aliphatic carbocycles. The van der Waals surface area contributed by atoms with Crippen molar-refractivity contribution in [3.63, 3.8) is 0 Å². The lowest BCUT2D eigenvalue weighted by Gasteiger charge is -2.10. The molecule has 0 aliphatic heterocycles. The van der Waals surface area contributed by atoms with Crippen LogP contribution in [0.25, 0.3) is 10.8 Å². The summed E-state index contributed by atoms with van der Waals surface area (Å²) in [5.74, 6) is 0.926. The van der Waals surface area contributed by atoms with Crippen LogP contribution in [0.3, 0.4) is 0 Å². The summed E-state index contributed by atoms with van der Waals surface area (Å²) in [5.41, 5.74) is 1.31. The van der Waals surface area contributed by atoms with E-state index in [1.54, 1.807) is 7.11 Å². The minimum atomic E-state index is 0.748. The highest BCUT2D eigenvalue weighted by molar-refractivity contribution is 5.91. The monoisotopic (exact) mass is 259 g/mol. The molecule has 2 aromatic rings. The minimum Gasteiger partial charge on any atom is -0.496 e. The molecular formula is C16H21NO2. The van der Waals surface area contributed by atoms with Crippen LogP contribution >= 0.6 is 0 Å². The minimum absolute atomic E-state index is 0.748. The van der Waals surface area contributed by atoms with E-state index >= 15 is 0 Å². The van der Waals surface area contributed by atoms with Gasteiger partial charge in [0, 0.05) is 11.9 Å². The van der Waals surface area contributed by atoms with Gasteiger partial charge in [-0.25, -0.2) is 0 Å². The molecule has 0 amide bonds. The molecule has 2 aromatic carbocycles. The highest BCUT2D eigenvalue weighted by Gasteiger charge is 2.05. The highest BCUT2D eigenvalue weighted by atomic mass is 16.5. The largest absolute Gasteiger partial charge is 0.496 e. The van der Waals surface area contributed by atoms with Crippen LogP contribution in [0, 0.1) is 0 Å². The molecule has 102 valence electrons. The van der Waals surface area contributed by atoms with Gasteiger partial charge in [0.2, 0.25) is 0 Å². The number of likely N-dealkylation sites (N-methyl/N-ethyl adjacent to an activating group) is 1. The molecule has 3 nitrogen and oxygen atoms in total. The maximum atomic E-state index is 5.59. The Labute approximate surface area is 114 Å². The van der Waals surface area contributed by atoms with Gasteiger partial charge < -0.3 is 14.8 Å². The number of nitrogens with one attached hydrogen (secondary N) is 1. The van der Waals surface area contributed by atoms with Crippen molar-refractivity contribution in [1.29, 1.82) is 0 Å². The van der Waals surface area contributed by atoms with Crippen molar-refractivity contribution in [2.45, 2.75) is 6.42 Å². The molecule has 0 heterocycles. The average molecular weight is 259 g/mol. The predicted octanol–water partition coefficient (Wildman–Crippen LogP) is 2.63. The fourth-order valence-electron chi connectivity index (χ4n) is 2.19. The fourth-order valence-corrected chi connectivity index (χ4v) is 2.19. The first-order chi connectivity index (χ1) is 9.36. The summed E-state index contributed by atoms with van der Waals surface area (Å²) < 4.78 is 11.0. The smallest absolute Gasteiger partial charge is 0.126 e. The Kier molecular flexibility index (Phi) is 5.19. The topological polar surface area (TPSA) is 30.5 Å². The second kappa shape index (κ2) is 7.12. The first-order valence-corrected chi connectivity index (χ1v) is 6.63. The third-order valence-corrected chi connectivity index (χ3v) is 3.21. The van der Waals surface area contributed by atoms with Crippen molar-refractivity contribution in [2.24, 2.45) is 0 Å². The molecule has 0 radical (unpaired) electrons. The van der Waals surface area contributed by atoms with Crippen LogP contribution in [0.15, 0.2) is 36.4 Å². The van der Waals surface area contributed by atoms with Crippen LogP contribution in [0.4, 0.5) is 0 Å². The Balaban J connectivity index is 2.11. The van der Waals surface area contributed by atoms with Gasteiger partial charge in [-0.3, -0.25) is 0 Å². The summed E-state index contributed by atoms with van der Waals surface area (Å²) in [6.45, 7) is 2.39. The van der Waals surface area contributed by atoms with E-state index in [2.05, 4.69) is 29.6 Å². The van der Waals surface area contributed by atoms with Gasteiger partial charge >= 0.3 is 0 Å². The second-order valence-electron chi connectivity index (χ2n) is 4.44. The lowest BCUT2D eigenvalue weighted by atomic mass is 10.0. The van der Waals surface area contributed by atoms with E-state index in [9.17, 15) is 0 Å². The molecule has 0 fully saturated rings. The van der Waals surface area contributed by atoms with Crippen molar-refractivity contribution < 1.29 is 9.47 Å². The Hall–Kier alpha value is -1.58. The van der Waals surface area contributed by atoms with Gasteiger partial charge in [-0.15, -0.1) is 0 Å². The number of ether oxygens (including phenoxy) is 2. The first kappa shape index (κ1) is 13.8. The summed E-state index contributed by atoms with van der Waals surface area (Å²) in [7, 11) is 3.64. The Bertz CT molecular complexity index is 525. The van der Waals surface area contributed by atoms with Gasteiger partial charge in [0.25, 0.3) is 0 Å². The maximum Gasteiger partial charge on any atom is 0.126 e. The molecule has 0 aliphatic rings. The van der Waals surface area contributed by atoms with Gasteiger partial charge in [0.1, 0.15) is 5.75 Å². The van der Waals surface area contributed by atoms with Crippen molar-refractivity contribution in [3.8, 4) is 5.75 Å². The molecule has 19 heavy (non-hydrogen) atoms. The summed E-state index contributed by atoms with van der Waals surface area (Å²) in [5, 5.41) is 5.48. The van der Waals surface area contributed by atoms with E-state index in [4.69, 9.17) is 9.47 Å². The molecule has 0 unspecified atom stereocenters. The highest BCUT2D eigenvalue weighted by Crippen LogP contribution is 2.28. The van der Waals surface area contributed by atoms with E-state index in [1.165, 1.54) is 10.9 Å². The Morgan fingerprint density at radius 3 is 2.53 bits per heavy atom. The van der Waals surface area contributed by atoms with E-state index in [0.717, 1.165) is 37.3 Å². The molecule has 0 spiro atoms. The number of methoxy groups -OCH3 is 1. The zero-order chi connectivity index (χ0) is 13.5. The molecule has 0 saturated carbocycles. The maximum absolute atomic E-state index is 5.59. The van der Waals surface area contributed by atoms with Crippen LogP contribution in [-0.4, -0.2) is 33.9 Å². The summed E-state index contributed by atoms with van der Waals surface area (Å²) in [6, 6.07) is 12.5. The van der Waals surface area contributed by atoms with E-state index in [0.29, 0.717) is 0 Å². The van der Waals surface area contributed by atoms with Gasteiger partial charge in [0.05, 0.1) is 20.3 Å². The molecule has 3 heteroatoms. The molecule has 0 atom stereocenters. The van der Waals surface area contributed by atoms with Crippen LogP contribution in [0.2, 0.25) is 0 Å². The predicted molar refractivity (Wildman–Crippen MR) is 78.9 cm³/mol. The van der Waals surface area contributed by atoms with Crippen molar-refractivity contribution in [3.05, 3.63) is 42.0 Å². The molecule has 1 N–H and O–H groups in total. The van der Waals surface area contributed by atoms with Crippen LogP contribution < -0.4 is 10.1 Å². The molecule has 0 bridgehead atoms. The molecule has 0 saturated heterocycles. The van der Waals surface area contributed by atoms with Gasteiger partial charge in [-0.2, -0.15) is 0 Å². The number of rotatable bonds is 7. The zero-order valence-electron chi connectivity index (χ0n) is 11.6. The third-order valence-electron chi connectivity index (χ3n) is 3.21. The van der Waals surface area contributed by atoms with Crippen LogP contribution in [0.5, 0.6) is 5.75 Å². The third kappa shape index (κ3) is 3.46. The number of hydrogen-bond acceptors (Lipinski definition) is 3. The van der Waals surface area contributed by atoms with Gasteiger partial charge in [0.15, 0.2) is 0 Å². The lowest BCUT2D eigenvalue weighted by molar-refractivity contribution is 0.140. The second-order valence-corrected chi connectivity index (χ2v) is 4.44. The zero-order valence-corrected chi connectivity index (χ0v) is 11.6. The van der Waals surface area contributed by atoms with Crippen molar-refractivity contribution >= 4 is 10.8 Å². The molecule has 2 rings (SSSR count). The van der Waals surface area contributed by atoms with Crippen LogP contribution in [-0.2, 0) is 11.2 Å². The number of benzene rings is 2. The van der Waals surface area contributed by atoms with Crippen LogP contribution in [0.1, 0.15) is 5.56 Å². The van der Waals surface area contributed by atoms with Gasteiger partial charge in [-0.05, 0) is 30.5 Å². The Morgan fingerprint density at radius 2 is 1.79 bits per heavy atom. The van der Waals surface area contributed by atoms with Gasteiger partial charge in [-0.1, -0.05) is 30.3 Å². The summed E-state index contributed by atoms with van der Waals surface area (Å²) in [4.78, 5) is 0.